The molecule has 0 aromatic carbocycles. The SMILES string of the molecule is C[C@H](OC(=O)c1ncc(Cl)c(Cl)c1Cl)C(=O)NCc1ccco1. The molecule has 0 saturated carbocycles. The largest absolute Gasteiger partial charge is 0.467 e. The van der Waals surface area contributed by atoms with Gasteiger partial charge < -0.3 is 14.5 Å². The summed E-state index contributed by atoms with van der Waals surface area (Å²) in [5.41, 5.74) is -0.216. The molecule has 2 rings (SSSR count). The van der Waals surface area contributed by atoms with Crippen LogP contribution in [0.2, 0.25) is 15.1 Å². The van der Waals surface area contributed by atoms with Crippen molar-refractivity contribution in [2.24, 2.45) is 0 Å². The van der Waals surface area contributed by atoms with Crippen LogP contribution < -0.4 is 5.32 Å². The van der Waals surface area contributed by atoms with Crippen molar-refractivity contribution in [3.8, 4) is 0 Å². The Morgan fingerprint density at radius 1 is 1.35 bits per heavy atom. The van der Waals surface area contributed by atoms with Gasteiger partial charge in [-0.2, -0.15) is 0 Å². The van der Waals surface area contributed by atoms with Gasteiger partial charge >= 0.3 is 5.97 Å². The van der Waals surface area contributed by atoms with Crippen LogP contribution in [0.3, 0.4) is 0 Å². The van der Waals surface area contributed by atoms with Crippen molar-refractivity contribution in [3.63, 3.8) is 0 Å². The number of carbonyl (C=O) groups is 2. The highest BCUT2D eigenvalue weighted by molar-refractivity contribution is 6.48. The summed E-state index contributed by atoms with van der Waals surface area (Å²) in [4.78, 5) is 27.7. The van der Waals surface area contributed by atoms with Gasteiger partial charge in [-0.3, -0.25) is 4.79 Å². The molecule has 0 bridgehead atoms. The Balaban J connectivity index is 1.96. The molecule has 9 heteroatoms. The molecule has 0 aliphatic rings. The van der Waals surface area contributed by atoms with Crippen LogP contribution in [0.5, 0.6) is 0 Å². The lowest BCUT2D eigenvalue weighted by Crippen LogP contribution is -2.35. The van der Waals surface area contributed by atoms with Gasteiger partial charge in [-0.25, -0.2) is 9.78 Å². The van der Waals surface area contributed by atoms with E-state index in [2.05, 4.69) is 10.3 Å². The van der Waals surface area contributed by atoms with Crippen LogP contribution >= 0.6 is 34.8 Å². The highest BCUT2D eigenvalue weighted by Gasteiger charge is 2.23. The number of ether oxygens (including phenoxy) is 1. The summed E-state index contributed by atoms with van der Waals surface area (Å²) in [7, 11) is 0. The van der Waals surface area contributed by atoms with Crippen molar-refractivity contribution in [2.45, 2.75) is 19.6 Å². The van der Waals surface area contributed by atoms with Gasteiger partial charge in [0.2, 0.25) is 0 Å². The van der Waals surface area contributed by atoms with Gasteiger partial charge in [-0.1, -0.05) is 34.8 Å². The minimum absolute atomic E-state index is 0.00907. The molecule has 0 fully saturated rings. The zero-order valence-electron chi connectivity index (χ0n) is 11.8. The summed E-state index contributed by atoms with van der Waals surface area (Å²) >= 11 is 17.5. The van der Waals surface area contributed by atoms with E-state index in [4.69, 9.17) is 44.0 Å². The molecule has 0 spiro atoms. The smallest absolute Gasteiger partial charge is 0.359 e. The maximum absolute atomic E-state index is 12.0. The second-order valence-corrected chi connectivity index (χ2v) is 5.59. The van der Waals surface area contributed by atoms with Crippen LogP contribution in [0, 0.1) is 0 Å². The normalized spacial score (nSPS) is 11.8. The Morgan fingerprint density at radius 2 is 2.09 bits per heavy atom. The molecule has 122 valence electrons. The number of halogens is 3. The average Bonchev–Trinajstić information content (AvgIpc) is 3.03. The lowest BCUT2D eigenvalue weighted by Gasteiger charge is -2.13. The zero-order valence-corrected chi connectivity index (χ0v) is 14.1. The van der Waals surface area contributed by atoms with Crippen LogP contribution in [-0.2, 0) is 16.1 Å². The van der Waals surface area contributed by atoms with Gasteiger partial charge in [0.1, 0.15) is 5.76 Å². The quantitative estimate of drug-likeness (QED) is 0.807. The first-order valence-electron chi connectivity index (χ1n) is 6.40. The Bertz CT molecular complexity index is 719. The molecule has 2 heterocycles. The van der Waals surface area contributed by atoms with Gasteiger partial charge in [0.05, 0.1) is 27.9 Å². The van der Waals surface area contributed by atoms with E-state index in [1.807, 2.05) is 0 Å². The first-order valence-corrected chi connectivity index (χ1v) is 7.54. The Kier molecular flexibility index (Phi) is 5.87. The molecule has 2 aromatic rings. The number of furan rings is 1. The molecule has 1 N–H and O–H groups in total. The summed E-state index contributed by atoms with van der Waals surface area (Å²) in [5, 5.41) is 2.53. The first-order chi connectivity index (χ1) is 10.9. The maximum atomic E-state index is 12.0. The van der Waals surface area contributed by atoms with E-state index in [-0.39, 0.29) is 27.3 Å². The fraction of sp³-hybridized carbons (Fsp3) is 0.214. The van der Waals surface area contributed by atoms with E-state index in [1.165, 1.54) is 19.4 Å². The molecule has 0 unspecified atom stereocenters. The van der Waals surface area contributed by atoms with E-state index < -0.39 is 18.0 Å². The predicted molar refractivity (Wildman–Crippen MR) is 84.7 cm³/mol. The summed E-state index contributed by atoms with van der Waals surface area (Å²) in [6.45, 7) is 1.60. The second-order valence-electron chi connectivity index (χ2n) is 4.43. The summed E-state index contributed by atoms with van der Waals surface area (Å²) in [6, 6.07) is 3.40. The highest BCUT2D eigenvalue weighted by atomic mass is 35.5. The van der Waals surface area contributed by atoms with Crippen LogP contribution in [-0.4, -0.2) is 23.0 Å². The molecule has 0 aliphatic carbocycles. The van der Waals surface area contributed by atoms with Crippen molar-refractivity contribution in [1.29, 1.82) is 0 Å². The molecule has 2 aromatic heterocycles. The summed E-state index contributed by atoms with van der Waals surface area (Å²) < 4.78 is 10.1. The number of pyridine rings is 1. The van der Waals surface area contributed by atoms with Crippen LogP contribution in [0.25, 0.3) is 0 Å². The minimum atomic E-state index is -1.05. The lowest BCUT2D eigenvalue weighted by molar-refractivity contribution is -0.129. The third kappa shape index (κ3) is 4.37. The molecular formula is C14H11Cl3N2O4. The zero-order chi connectivity index (χ0) is 17.0. The number of nitrogens with zero attached hydrogens (tertiary/aromatic N) is 1. The Morgan fingerprint density at radius 3 is 2.74 bits per heavy atom. The number of hydrogen-bond donors (Lipinski definition) is 1. The fourth-order valence-electron chi connectivity index (χ4n) is 1.59. The van der Waals surface area contributed by atoms with E-state index in [1.54, 1.807) is 12.1 Å². The Hall–Kier alpha value is -1.76. The summed E-state index contributed by atoms with van der Waals surface area (Å²) in [5.74, 6) is -0.800. The van der Waals surface area contributed by atoms with Gasteiger partial charge in [0, 0.05) is 6.20 Å². The molecule has 1 atom stereocenters. The highest BCUT2D eigenvalue weighted by Crippen LogP contribution is 2.31. The second kappa shape index (κ2) is 7.68. The minimum Gasteiger partial charge on any atom is -0.467 e. The van der Waals surface area contributed by atoms with Crippen LogP contribution in [0.15, 0.2) is 29.0 Å². The Labute approximate surface area is 146 Å². The third-order valence-corrected chi connectivity index (χ3v) is 4.02. The van der Waals surface area contributed by atoms with Gasteiger partial charge in [-0.05, 0) is 19.1 Å². The molecule has 0 radical (unpaired) electrons. The fourth-order valence-corrected chi connectivity index (χ4v) is 2.14. The molecule has 23 heavy (non-hydrogen) atoms. The predicted octanol–water partition coefficient (Wildman–Crippen LogP) is 3.50. The van der Waals surface area contributed by atoms with Crippen LogP contribution in [0.1, 0.15) is 23.2 Å². The maximum Gasteiger partial charge on any atom is 0.359 e. The number of amides is 1. The van der Waals surface area contributed by atoms with E-state index in [0.29, 0.717) is 5.76 Å². The topological polar surface area (TPSA) is 81.4 Å². The monoisotopic (exact) mass is 376 g/mol. The molecular weight excluding hydrogens is 367 g/mol. The van der Waals surface area contributed by atoms with E-state index >= 15 is 0 Å². The first kappa shape index (κ1) is 17.6. The van der Waals surface area contributed by atoms with Crippen molar-refractivity contribution in [1.82, 2.24) is 10.3 Å². The summed E-state index contributed by atoms with van der Waals surface area (Å²) in [6.07, 6.45) is 1.61. The number of nitrogens with one attached hydrogen (secondary N) is 1. The molecule has 0 saturated heterocycles. The average molecular weight is 378 g/mol. The van der Waals surface area contributed by atoms with E-state index in [9.17, 15) is 9.59 Å². The number of aromatic nitrogens is 1. The number of rotatable bonds is 5. The molecule has 6 nitrogen and oxygen atoms in total. The van der Waals surface area contributed by atoms with Gasteiger partial charge in [-0.15, -0.1) is 0 Å². The van der Waals surface area contributed by atoms with Crippen molar-refractivity contribution >= 4 is 46.7 Å². The standard InChI is InChI=1S/C14H11Cl3N2O4/c1-7(13(20)19-5-8-3-2-4-22-8)23-14(21)12-11(17)10(16)9(15)6-18-12/h2-4,6-7H,5H2,1H3,(H,19,20)/t7-/m0/s1. The number of esters is 1. The van der Waals surface area contributed by atoms with Crippen LogP contribution in [0.4, 0.5) is 0 Å². The van der Waals surface area contributed by atoms with Gasteiger partial charge in [0.15, 0.2) is 11.8 Å². The lowest BCUT2D eigenvalue weighted by atomic mass is 10.3. The molecule has 0 aliphatic heterocycles. The van der Waals surface area contributed by atoms with Crippen molar-refractivity contribution in [3.05, 3.63) is 51.1 Å². The van der Waals surface area contributed by atoms with Crippen molar-refractivity contribution < 1.29 is 18.7 Å². The van der Waals surface area contributed by atoms with E-state index in [0.717, 1.165) is 0 Å². The number of hydrogen-bond acceptors (Lipinski definition) is 5. The van der Waals surface area contributed by atoms with Gasteiger partial charge in [0.25, 0.3) is 5.91 Å². The third-order valence-electron chi connectivity index (χ3n) is 2.78. The number of carbonyl (C=O) groups excluding carboxylic acids is 2. The van der Waals surface area contributed by atoms with Crippen molar-refractivity contribution in [2.75, 3.05) is 0 Å². The molecule has 1 amide bonds.